The lowest BCUT2D eigenvalue weighted by molar-refractivity contribution is 0.658. The lowest BCUT2D eigenvalue weighted by Crippen LogP contribution is -2.15. The van der Waals surface area contributed by atoms with Crippen LogP contribution in [0.2, 0.25) is 0 Å². The lowest BCUT2D eigenvalue weighted by atomic mass is 9.83. The van der Waals surface area contributed by atoms with E-state index in [0.29, 0.717) is 0 Å². The highest BCUT2D eigenvalue weighted by molar-refractivity contribution is 6.21. The van der Waals surface area contributed by atoms with Crippen LogP contribution in [0.4, 0.5) is 0 Å². The van der Waals surface area contributed by atoms with E-state index in [-0.39, 0.29) is 5.41 Å². The fraction of sp³-hybridized carbons (Fsp3) is 0.0769. The minimum absolute atomic E-state index is 0.122. The Bertz CT molecular complexity index is 2400. The van der Waals surface area contributed by atoms with Crippen LogP contribution >= 0.6 is 0 Å². The van der Waals surface area contributed by atoms with Gasteiger partial charge in [0.25, 0.3) is 0 Å². The first-order valence-electron chi connectivity index (χ1n) is 14.4. The average Bonchev–Trinajstić information content (AvgIpc) is 3.51. The van der Waals surface area contributed by atoms with Crippen molar-refractivity contribution in [1.29, 1.82) is 0 Å². The molecule has 3 heteroatoms. The fourth-order valence-corrected chi connectivity index (χ4v) is 7.07. The van der Waals surface area contributed by atoms with E-state index in [1.165, 1.54) is 27.3 Å². The van der Waals surface area contributed by atoms with Gasteiger partial charge in [-0.25, -0.2) is 4.98 Å². The first kappa shape index (κ1) is 23.4. The van der Waals surface area contributed by atoms with Gasteiger partial charge in [-0.2, -0.15) is 0 Å². The number of hydrogen-bond acceptors (Lipinski definition) is 3. The molecule has 0 atom stereocenters. The van der Waals surface area contributed by atoms with Crippen molar-refractivity contribution in [2.45, 2.75) is 19.3 Å². The van der Waals surface area contributed by atoms with Crippen LogP contribution < -0.4 is 0 Å². The normalized spacial score (nSPS) is 13.7. The highest BCUT2D eigenvalue weighted by Gasteiger charge is 2.37. The number of rotatable bonds is 2. The quantitative estimate of drug-likeness (QED) is 0.220. The van der Waals surface area contributed by atoms with Gasteiger partial charge in [-0.1, -0.05) is 105 Å². The second-order valence-electron chi connectivity index (χ2n) is 11.8. The van der Waals surface area contributed by atoms with Gasteiger partial charge in [0, 0.05) is 33.5 Å². The van der Waals surface area contributed by atoms with Gasteiger partial charge < -0.3 is 4.42 Å². The third kappa shape index (κ3) is 3.11. The molecule has 1 aliphatic rings. The number of nitrogens with zero attached hydrogens (tertiary/aromatic N) is 2. The van der Waals surface area contributed by atoms with Crippen molar-refractivity contribution in [2.75, 3.05) is 0 Å². The van der Waals surface area contributed by atoms with E-state index in [0.717, 1.165) is 61.1 Å². The third-order valence-corrected chi connectivity index (χ3v) is 9.13. The summed E-state index contributed by atoms with van der Waals surface area (Å²) in [5.41, 5.74) is 10.5. The van der Waals surface area contributed by atoms with Crippen LogP contribution in [0.5, 0.6) is 0 Å². The smallest absolute Gasteiger partial charge is 0.143 e. The first-order chi connectivity index (χ1) is 20.6. The highest BCUT2D eigenvalue weighted by atomic mass is 16.3. The third-order valence-electron chi connectivity index (χ3n) is 9.13. The monoisotopic (exact) mass is 538 g/mol. The zero-order valence-electron chi connectivity index (χ0n) is 23.3. The number of benzene rings is 5. The van der Waals surface area contributed by atoms with Crippen LogP contribution in [0.1, 0.15) is 25.0 Å². The largest absolute Gasteiger partial charge is 0.455 e. The summed E-state index contributed by atoms with van der Waals surface area (Å²) in [6, 6.07) is 40.9. The molecule has 0 spiro atoms. The molecule has 3 nitrogen and oxygen atoms in total. The summed E-state index contributed by atoms with van der Waals surface area (Å²) in [5, 5.41) is 7.00. The van der Waals surface area contributed by atoms with Crippen LogP contribution in [0, 0.1) is 0 Å². The minimum atomic E-state index is -0.122. The molecule has 42 heavy (non-hydrogen) atoms. The van der Waals surface area contributed by atoms with E-state index in [9.17, 15) is 0 Å². The first-order valence-corrected chi connectivity index (χ1v) is 14.4. The molecule has 0 saturated heterocycles. The molecule has 0 fully saturated rings. The van der Waals surface area contributed by atoms with Crippen molar-refractivity contribution >= 4 is 43.5 Å². The molecule has 0 bridgehead atoms. The molecule has 0 unspecified atom stereocenters. The standard InChI is InChI=1S/C39H26N2O/c1-39(2)31-15-9-21-40-36(31)37-32(39)19-20-33(41-37)27-17-18-29(26-13-6-5-12-25(26)27)35-24-11-4-3-10-23(24)22-30-28-14-7-8-16-34(28)42-38(30)35/h3-22H,1-2H3. The highest BCUT2D eigenvalue weighted by Crippen LogP contribution is 2.48. The van der Waals surface area contributed by atoms with Gasteiger partial charge in [0.1, 0.15) is 11.2 Å². The van der Waals surface area contributed by atoms with Crippen molar-refractivity contribution in [2.24, 2.45) is 0 Å². The summed E-state index contributed by atoms with van der Waals surface area (Å²) in [5.74, 6) is 0. The molecule has 3 heterocycles. The molecule has 0 N–H and O–H groups in total. The summed E-state index contributed by atoms with van der Waals surface area (Å²) >= 11 is 0. The maximum absolute atomic E-state index is 6.59. The second kappa shape index (κ2) is 8.37. The molecular weight excluding hydrogens is 512 g/mol. The Kier molecular flexibility index (Phi) is 4.67. The van der Waals surface area contributed by atoms with E-state index >= 15 is 0 Å². The van der Waals surface area contributed by atoms with Crippen LogP contribution in [-0.4, -0.2) is 9.97 Å². The van der Waals surface area contributed by atoms with Crippen molar-refractivity contribution in [3.05, 3.63) is 133 Å². The van der Waals surface area contributed by atoms with Crippen molar-refractivity contribution in [3.8, 4) is 33.8 Å². The molecule has 198 valence electrons. The number of aromatic nitrogens is 2. The average molecular weight is 539 g/mol. The van der Waals surface area contributed by atoms with Gasteiger partial charge in [0.2, 0.25) is 0 Å². The Labute approximate surface area is 243 Å². The van der Waals surface area contributed by atoms with Crippen LogP contribution in [0.25, 0.3) is 77.3 Å². The molecule has 0 saturated carbocycles. The van der Waals surface area contributed by atoms with E-state index in [1.54, 1.807) is 0 Å². The van der Waals surface area contributed by atoms with Crippen LogP contribution in [0.15, 0.2) is 126 Å². The summed E-state index contributed by atoms with van der Waals surface area (Å²) in [4.78, 5) is 10.0. The Balaban J connectivity index is 1.32. The molecule has 5 aromatic carbocycles. The molecule has 9 rings (SSSR count). The van der Waals surface area contributed by atoms with Crippen LogP contribution in [0.3, 0.4) is 0 Å². The van der Waals surface area contributed by atoms with E-state index in [4.69, 9.17) is 14.4 Å². The fourth-order valence-electron chi connectivity index (χ4n) is 7.07. The topological polar surface area (TPSA) is 38.9 Å². The molecular formula is C39H26N2O. The van der Waals surface area contributed by atoms with Gasteiger partial charge in [0.15, 0.2) is 0 Å². The predicted molar refractivity (Wildman–Crippen MR) is 173 cm³/mol. The lowest BCUT2D eigenvalue weighted by Gasteiger charge is -2.20. The number of fused-ring (bicyclic) bond motifs is 8. The zero-order chi connectivity index (χ0) is 28.0. The van der Waals surface area contributed by atoms with Gasteiger partial charge in [-0.05, 0) is 62.5 Å². The Morgan fingerprint density at radius 1 is 0.571 bits per heavy atom. The number of furan rings is 1. The Morgan fingerprint density at radius 3 is 2.12 bits per heavy atom. The molecule has 8 aromatic rings. The number of pyridine rings is 2. The SMILES string of the molecule is CC1(C)c2cccnc2-c2nc(-c3ccc(-c4c5ccccc5cc5c4oc4ccccc45)c4ccccc34)ccc21. The second-order valence-corrected chi connectivity index (χ2v) is 11.8. The zero-order valence-corrected chi connectivity index (χ0v) is 23.3. The molecule has 0 aliphatic heterocycles. The van der Waals surface area contributed by atoms with Crippen molar-refractivity contribution in [1.82, 2.24) is 9.97 Å². The summed E-state index contributed by atoms with van der Waals surface area (Å²) in [6.45, 7) is 4.52. The van der Waals surface area contributed by atoms with Crippen molar-refractivity contribution < 1.29 is 4.42 Å². The Morgan fingerprint density at radius 2 is 1.26 bits per heavy atom. The van der Waals surface area contributed by atoms with Gasteiger partial charge in [-0.15, -0.1) is 0 Å². The number of para-hydroxylation sites is 1. The summed E-state index contributed by atoms with van der Waals surface area (Å²) in [7, 11) is 0. The minimum Gasteiger partial charge on any atom is -0.455 e. The van der Waals surface area contributed by atoms with Crippen LogP contribution in [-0.2, 0) is 5.41 Å². The molecule has 3 aromatic heterocycles. The Hall–Kier alpha value is -5.28. The molecule has 0 amide bonds. The summed E-state index contributed by atoms with van der Waals surface area (Å²) < 4.78 is 6.59. The molecule has 1 aliphatic carbocycles. The van der Waals surface area contributed by atoms with E-state index < -0.39 is 0 Å². The van der Waals surface area contributed by atoms with Gasteiger partial charge in [0.05, 0.1) is 17.1 Å². The maximum atomic E-state index is 6.59. The van der Waals surface area contributed by atoms with Gasteiger partial charge >= 0.3 is 0 Å². The summed E-state index contributed by atoms with van der Waals surface area (Å²) in [6.07, 6.45) is 1.87. The van der Waals surface area contributed by atoms with Crippen molar-refractivity contribution in [3.63, 3.8) is 0 Å². The van der Waals surface area contributed by atoms with E-state index in [2.05, 4.69) is 117 Å². The predicted octanol–water partition coefficient (Wildman–Crippen LogP) is 10.3. The van der Waals surface area contributed by atoms with Gasteiger partial charge in [-0.3, -0.25) is 4.98 Å². The molecule has 0 radical (unpaired) electrons. The van der Waals surface area contributed by atoms with E-state index in [1.807, 2.05) is 18.3 Å². The number of hydrogen-bond donors (Lipinski definition) is 0. The maximum Gasteiger partial charge on any atom is 0.143 e.